The lowest BCUT2D eigenvalue weighted by Gasteiger charge is -2.39. The van der Waals surface area contributed by atoms with Crippen molar-refractivity contribution in [1.82, 2.24) is 0 Å². The van der Waals surface area contributed by atoms with Gasteiger partial charge in [-0.2, -0.15) is 0 Å². The highest BCUT2D eigenvalue weighted by molar-refractivity contribution is 5.99. The first kappa shape index (κ1) is 18.6. The molecule has 0 spiro atoms. The second kappa shape index (κ2) is 6.20. The molecule has 2 fully saturated rings. The van der Waals surface area contributed by atoms with Crippen LogP contribution in [-0.4, -0.2) is 41.1 Å². The maximum absolute atomic E-state index is 12.8. The lowest BCUT2D eigenvalue weighted by Crippen LogP contribution is -2.49. The Bertz CT molecular complexity index is 747. The van der Waals surface area contributed by atoms with E-state index in [1.807, 2.05) is 6.92 Å². The summed E-state index contributed by atoms with van der Waals surface area (Å²) in [4.78, 5) is 37.4. The monoisotopic (exact) mass is 360 g/mol. The molecule has 0 unspecified atom stereocenters. The Kier molecular flexibility index (Phi) is 4.43. The van der Waals surface area contributed by atoms with E-state index in [4.69, 9.17) is 9.47 Å². The van der Waals surface area contributed by atoms with E-state index in [-0.39, 0.29) is 23.2 Å². The van der Waals surface area contributed by atoms with Crippen molar-refractivity contribution in [3.8, 4) is 0 Å². The average Bonchev–Trinajstić information content (AvgIpc) is 3.06. The standard InChI is InChI=1S/C20H24O6/c1-6-9(2)18(23)26-17-14-11(4)19(24)25-16(14)15(22)10(3)12-7-8-13(21)20(12,17)5/h6-8,10,12,14-17,22H,4H2,1-3,5H3/b9-6-/t10-,12-,14+,15-,16+,17+,20-/m1/s1. The van der Waals surface area contributed by atoms with Crippen molar-refractivity contribution in [2.24, 2.45) is 23.2 Å². The van der Waals surface area contributed by atoms with Gasteiger partial charge in [-0.1, -0.05) is 25.7 Å². The Morgan fingerprint density at radius 1 is 1.42 bits per heavy atom. The highest BCUT2D eigenvalue weighted by Crippen LogP contribution is 2.54. The van der Waals surface area contributed by atoms with Crippen LogP contribution in [0.15, 0.2) is 36.0 Å². The van der Waals surface area contributed by atoms with E-state index in [2.05, 4.69) is 6.58 Å². The van der Waals surface area contributed by atoms with E-state index in [0.717, 1.165) is 0 Å². The Morgan fingerprint density at radius 2 is 2.08 bits per heavy atom. The molecule has 1 saturated carbocycles. The first-order chi connectivity index (χ1) is 12.1. The lowest BCUT2D eigenvalue weighted by atomic mass is 9.67. The molecule has 0 radical (unpaired) electrons. The van der Waals surface area contributed by atoms with Crippen LogP contribution in [0, 0.1) is 23.2 Å². The van der Waals surface area contributed by atoms with Crippen molar-refractivity contribution in [1.29, 1.82) is 0 Å². The highest BCUT2D eigenvalue weighted by atomic mass is 16.6. The number of rotatable bonds is 2. The first-order valence-electron chi connectivity index (χ1n) is 8.79. The fourth-order valence-corrected chi connectivity index (χ4v) is 4.44. The Balaban J connectivity index is 2.14. The predicted molar refractivity (Wildman–Crippen MR) is 92.7 cm³/mol. The van der Waals surface area contributed by atoms with Gasteiger partial charge in [-0.3, -0.25) is 4.79 Å². The summed E-state index contributed by atoms with van der Waals surface area (Å²) in [5.74, 6) is -2.86. The van der Waals surface area contributed by atoms with Crippen molar-refractivity contribution >= 4 is 17.7 Å². The van der Waals surface area contributed by atoms with Crippen LogP contribution in [0.1, 0.15) is 27.7 Å². The third-order valence-electron chi connectivity index (χ3n) is 6.29. The molecule has 6 heteroatoms. The molecule has 26 heavy (non-hydrogen) atoms. The van der Waals surface area contributed by atoms with Crippen LogP contribution in [0.4, 0.5) is 0 Å². The summed E-state index contributed by atoms with van der Waals surface area (Å²) in [5.41, 5.74) is -0.576. The minimum atomic E-state index is -1.10. The molecule has 0 aromatic carbocycles. The first-order valence-corrected chi connectivity index (χ1v) is 8.79. The number of hydrogen-bond donors (Lipinski definition) is 1. The average molecular weight is 360 g/mol. The molecular formula is C20H24O6. The molecule has 1 aliphatic heterocycles. The number of ether oxygens (including phenoxy) is 2. The third-order valence-corrected chi connectivity index (χ3v) is 6.29. The van der Waals surface area contributed by atoms with E-state index >= 15 is 0 Å². The smallest absolute Gasteiger partial charge is 0.334 e. The van der Waals surface area contributed by atoms with Crippen molar-refractivity contribution in [2.45, 2.75) is 46.0 Å². The molecule has 1 N–H and O–H groups in total. The van der Waals surface area contributed by atoms with Gasteiger partial charge >= 0.3 is 11.9 Å². The fourth-order valence-electron chi connectivity index (χ4n) is 4.44. The highest BCUT2D eigenvalue weighted by Gasteiger charge is 2.64. The molecule has 0 aromatic heterocycles. The molecule has 140 valence electrons. The minimum Gasteiger partial charge on any atom is -0.457 e. The molecule has 1 heterocycles. The van der Waals surface area contributed by atoms with Crippen LogP contribution in [0.2, 0.25) is 0 Å². The normalized spacial score (nSPS) is 42.2. The van der Waals surface area contributed by atoms with Crippen LogP contribution in [0.5, 0.6) is 0 Å². The van der Waals surface area contributed by atoms with Crippen LogP contribution in [-0.2, 0) is 23.9 Å². The van der Waals surface area contributed by atoms with Gasteiger partial charge < -0.3 is 14.6 Å². The topological polar surface area (TPSA) is 89.9 Å². The number of fused-ring (bicyclic) bond motifs is 2. The number of esters is 2. The quantitative estimate of drug-likeness (QED) is 0.596. The number of aliphatic hydroxyl groups is 1. The summed E-state index contributed by atoms with van der Waals surface area (Å²) < 4.78 is 11.1. The maximum Gasteiger partial charge on any atom is 0.334 e. The fraction of sp³-hybridized carbons (Fsp3) is 0.550. The van der Waals surface area contributed by atoms with Gasteiger partial charge in [0, 0.05) is 11.1 Å². The molecule has 0 aromatic rings. The van der Waals surface area contributed by atoms with Crippen LogP contribution >= 0.6 is 0 Å². The van der Waals surface area contributed by atoms with E-state index in [9.17, 15) is 19.5 Å². The zero-order chi connectivity index (χ0) is 19.4. The molecule has 3 rings (SSSR count). The van der Waals surface area contributed by atoms with E-state index in [1.165, 1.54) is 6.08 Å². The summed E-state index contributed by atoms with van der Waals surface area (Å²) >= 11 is 0. The SMILES string of the molecule is C=C1C(=O)O[C@@H]2[C@H](O)[C@H](C)[C@H]3C=CC(=O)[C@]3(C)[C@@H](OC(=O)/C(C)=C\C)[C@@H]12. The van der Waals surface area contributed by atoms with Gasteiger partial charge in [0.05, 0.1) is 17.4 Å². The number of carbonyl (C=O) groups excluding carboxylic acids is 3. The van der Waals surface area contributed by atoms with Crippen molar-refractivity contribution in [3.05, 3.63) is 36.0 Å². The van der Waals surface area contributed by atoms with Gasteiger partial charge in [0.25, 0.3) is 0 Å². The zero-order valence-corrected chi connectivity index (χ0v) is 15.4. The van der Waals surface area contributed by atoms with E-state index in [1.54, 1.807) is 32.9 Å². The van der Waals surface area contributed by atoms with Gasteiger partial charge in [-0.15, -0.1) is 0 Å². The summed E-state index contributed by atoms with van der Waals surface area (Å²) in [6.45, 7) is 10.7. The Hall–Kier alpha value is -2.21. The van der Waals surface area contributed by atoms with Gasteiger partial charge in [0.2, 0.25) is 0 Å². The van der Waals surface area contributed by atoms with Crippen molar-refractivity contribution < 1.29 is 29.0 Å². The molecule has 1 saturated heterocycles. The summed E-state index contributed by atoms with van der Waals surface area (Å²) in [6, 6.07) is 0. The molecule has 6 nitrogen and oxygen atoms in total. The predicted octanol–water partition coefficient (Wildman–Crippen LogP) is 1.73. The molecule has 7 atom stereocenters. The van der Waals surface area contributed by atoms with Crippen molar-refractivity contribution in [2.75, 3.05) is 0 Å². The van der Waals surface area contributed by atoms with Gasteiger partial charge in [-0.25, -0.2) is 9.59 Å². The van der Waals surface area contributed by atoms with Gasteiger partial charge in [0.1, 0.15) is 12.2 Å². The Morgan fingerprint density at radius 3 is 2.69 bits per heavy atom. The number of allylic oxidation sites excluding steroid dienone is 3. The second-order valence-electron chi connectivity index (χ2n) is 7.60. The third kappa shape index (κ3) is 2.39. The molecule has 0 amide bonds. The molecule has 0 bridgehead atoms. The minimum absolute atomic E-state index is 0.124. The second-order valence-corrected chi connectivity index (χ2v) is 7.60. The number of carbonyl (C=O) groups is 3. The van der Waals surface area contributed by atoms with Gasteiger partial charge in [-0.05, 0) is 38.7 Å². The summed E-state index contributed by atoms with van der Waals surface area (Å²) in [6.07, 6.45) is 2.00. The largest absolute Gasteiger partial charge is 0.457 e. The maximum atomic E-state index is 12.8. The van der Waals surface area contributed by atoms with E-state index < -0.39 is 41.6 Å². The zero-order valence-electron chi connectivity index (χ0n) is 15.4. The molecule has 3 aliphatic rings. The lowest BCUT2D eigenvalue weighted by molar-refractivity contribution is -0.161. The molecule has 2 aliphatic carbocycles. The number of aliphatic hydroxyl groups excluding tert-OH is 1. The Labute approximate surface area is 152 Å². The van der Waals surface area contributed by atoms with Crippen molar-refractivity contribution in [3.63, 3.8) is 0 Å². The van der Waals surface area contributed by atoms with Crippen LogP contribution in [0.25, 0.3) is 0 Å². The number of ketones is 1. The summed E-state index contributed by atoms with van der Waals surface area (Å²) in [5, 5.41) is 10.8. The van der Waals surface area contributed by atoms with Crippen LogP contribution in [0.3, 0.4) is 0 Å². The van der Waals surface area contributed by atoms with E-state index in [0.29, 0.717) is 5.57 Å². The van der Waals surface area contributed by atoms with Crippen LogP contribution < -0.4 is 0 Å². The number of hydrogen-bond acceptors (Lipinski definition) is 6. The molecular weight excluding hydrogens is 336 g/mol. The van der Waals surface area contributed by atoms with Gasteiger partial charge in [0.15, 0.2) is 5.78 Å². The summed E-state index contributed by atoms with van der Waals surface area (Å²) in [7, 11) is 0.